The average Bonchev–Trinajstić information content (AvgIpc) is 2.90. The molecule has 25 heavy (non-hydrogen) atoms. The predicted octanol–water partition coefficient (Wildman–Crippen LogP) is 2.66. The van der Waals surface area contributed by atoms with Crippen molar-refractivity contribution in [3.8, 4) is 0 Å². The molecule has 0 saturated heterocycles. The summed E-state index contributed by atoms with van der Waals surface area (Å²) in [6.45, 7) is 2.51. The van der Waals surface area contributed by atoms with Crippen LogP contribution >= 0.6 is 23.4 Å². The maximum Gasteiger partial charge on any atom is 0.343 e. The topological polar surface area (TPSA) is 123 Å². The van der Waals surface area contributed by atoms with Crippen molar-refractivity contribution < 1.29 is 9.72 Å². The molecule has 1 heterocycles. The molecule has 0 spiro atoms. The summed E-state index contributed by atoms with van der Waals surface area (Å²) in [4.78, 5) is 34.2. The van der Waals surface area contributed by atoms with Gasteiger partial charge in [-0.1, -0.05) is 36.7 Å². The van der Waals surface area contributed by atoms with Crippen LogP contribution in [0.5, 0.6) is 0 Å². The molecule has 0 aliphatic carbocycles. The number of nitrogens with zero attached hydrogens (tertiary/aromatic N) is 3. The molecule has 0 fully saturated rings. The molecule has 1 aromatic heterocycles. The van der Waals surface area contributed by atoms with Crippen molar-refractivity contribution in [2.45, 2.75) is 31.5 Å². The lowest BCUT2D eigenvalue weighted by molar-refractivity contribution is -0.383. The number of amides is 1. The van der Waals surface area contributed by atoms with Crippen LogP contribution in [0.15, 0.2) is 28.2 Å². The number of carbonyl (C=O) groups excluding carboxylic acids is 1. The summed E-state index contributed by atoms with van der Waals surface area (Å²) >= 11 is 6.89. The molecule has 134 valence electrons. The second kappa shape index (κ2) is 8.67. The van der Waals surface area contributed by atoms with Crippen molar-refractivity contribution in [2.24, 2.45) is 0 Å². The fourth-order valence-corrected chi connectivity index (χ4v) is 2.96. The molecule has 11 heteroatoms. The number of thioether (sulfide) groups is 1. The molecule has 0 radical (unpaired) electrons. The predicted molar refractivity (Wildman–Crippen MR) is 95.2 cm³/mol. The van der Waals surface area contributed by atoms with Gasteiger partial charge in [0.25, 0.3) is 5.69 Å². The third-order valence-corrected chi connectivity index (χ3v) is 4.43. The highest BCUT2D eigenvalue weighted by atomic mass is 35.5. The van der Waals surface area contributed by atoms with Gasteiger partial charge >= 0.3 is 5.69 Å². The van der Waals surface area contributed by atoms with Crippen LogP contribution in [-0.2, 0) is 11.3 Å². The first-order valence-electron chi connectivity index (χ1n) is 7.44. The molecular formula is C14H16ClN5O4S. The fraction of sp³-hybridized carbons (Fsp3) is 0.357. The van der Waals surface area contributed by atoms with Crippen molar-refractivity contribution in [3.63, 3.8) is 0 Å². The van der Waals surface area contributed by atoms with Gasteiger partial charge in [0.05, 0.1) is 10.7 Å². The summed E-state index contributed by atoms with van der Waals surface area (Å²) in [6, 6.07) is 3.91. The maximum atomic E-state index is 12.1. The summed E-state index contributed by atoms with van der Waals surface area (Å²) in [7, 11) is 0. The number of nitro benzene ring substituents is 1. The number of benzene rings is 1. The molecule has 2 N–H and O–H groups in total. The minimum atomic E-state index is -0.602. The lowest BCUT2D eigenvalue weighted by atomic mass is 10.2. The Bertz CT molecular complexity index is 835. The molecule has 0 bridgehead atoms. The van der Waals surface area contributed by atoms with Gasteiger partial charge in [-0.25, -0.2) is 9.89 Å². The third kappa shape index (κ3) is 5.07. The van der Waals surface area contributed by atoms with Gasteiger partial charge in [0, 0.05) is 17.6 Å². The van der Waals surface area contributed by atoms with E-state index in [-0.39, 0.29) is 27.8 Å². The van der Waals surface area contributed by atoms with Crippen molar-refractivity contribution in [1.29, 1.82) is 0 Å². The minimum Gasteiger partial charge on any atom is -0.320 e. The van der Waals surface area contributed by atoms with E-state index in [9.17, 15) is 19.7 Å². The molecule has 2 aromatic rings. The van der Waals surface area contributed by atoms with Gasteiger partial charge < -0.3 is 5.32 Å². The second-order valence-corrected chi connectivity index (χ2v) is 6.45. The normalized spacial score (nSPS) is 10.6. The Morgan fingerprint density at radius 1 is 1.52 bits per heavy atom. The maximum absolute atomic E-state index is 12.1. The number of anilines is 1. The third-order valence-electron chi connectivity index (χ3n) is 3.22. The lowest BCUT2D eigenvalue weighted by Crippen LogP contribution is -2.19. The van der Waals surface area contributed by atoms with E-state index in [4.69, 9.17) is 11.6 Å². The summed E-state index contributed by atoms with van der Waals surface area (Å²) in [5.74, 6) is -0.520. The molecule has 0 aliphatic heterocycles. The number of hydrogen-bond acceptors (Lipinski definition) is 6. The van der Waals surface area contributed by atoms with Gasteiger partial charge in [0.1, 0.15) is 5.69 Å². The van der Waals surface area contributed by atoms with E-state index < -0.39 is 10.8 Å². The summed E-state index contributed by atoms with van der Waals surface area (Å²) in [5, 5.41) is 20.4. The van der Waals surface area contributed by atoms with Gasteiger partial charge in [0.15, 0.2) is 5.16 Å². The number of rotatable bonds is 8. The second-order valence-electron chi connectivity index (χ2n) is 5.07. The standard InChI is InChI=1S/C14H16ClN5O4S/c1-2-3-6-19-13(22)17-18-14(19)25-8-12(21)16-10-7-9(15)4-5-11(10)20(23)24/h4-5,7H,2-3,6,8H2,1H3,(H,16,21)(H,17,22). The largest absolute Gasteiger partial charge is 0.343 e. The van der Waals surface area contributed by atoms with Crippen molar-refractivity contribution in [2.75, 3.05) is 11.1 Å². The molecule has 9 nitrogen and oxygen atoms in total. The number of H-pyrrole nitrogens is 1. The van der Waals surface area contributed by atoms with E-state index in [1.165, 1.54) is 22.8 Å². The Morgan fingerprint density at radius 2 is 2.28 bits per heavy atom. The van der Waals surface area contributed by atoms with E-state index in [2.05, 4.69) is 15.5 Å². The van der Waals surface area contributed by atoms with E-state index in [1.807, 2.05) is 6.92 Å². The number of hydrogen-bond donors (Lipinski definition) is 2. The fourth-order valence-electron chi connectivity index (χ4n) is 2.01. The molecule has 2 rings (SSSR count). The van der Waals surface area contributed by atoms with Gasteiger partial charge in [-0.3, -0.25) is 19.5 Å². The average molecular weight is 386 g/mol. The van der Waals surface area contributed by atoms with E-state index in [0.29, 0.717) is 11.7 Å². The van der Waals surface area contributed by atoms with Gasteiger partial charge in [-0.2, -0.15) is 0 Å². The number of aromatic nitrogens is 3. The molecule has 0 saturated carbocycles. The molecule has 1 aromatic carbocycles. The van der Waals surface area contributed by atoms with Gasteiger partial charge in [-0.15, -0.1) is 5.10 Å². The highest BCUT2D eigenvalue weighted by Crippen LogP contribution is 2.28. The van der Waals surface area contributed by atoms with Crippen molar-refractivity contribution in [1.82, 2.24) is 14.8 Å². The number of aromatic amines is 1. The summed E-state index contributed by atoms with van der Waals surface area (Å²) in [6.07, 6.45) is 1.73. The van der Waals surface area contributed by atoms with Crippen LogP contribution in [0.25, 0.3) is 0 Å². The van der Waals surface area contributed by atoms with Crippen LogP contribution < -0.4 is 11.0 Å². The molecule has 0 atom stereocenters. The summed E-state index contributed by atoms with van der Waals surface area (Å²) < 4.78 is 1.46. The van der Waals surface area contributed by atoms with Crippen molar-refractivity contribution in [3.05, 3.63) is 43.8 Å². The Morgan fingerprint density at radius 3 is 2.96 bits per heavy atom. The number of nitrogens with one attached hydrogen (secondary N) is 2. The Kier molecular flexibility index (Phi) is 6.59. The van der Waals surface area contributed by atoms with Crippen LogP contribution in [-0.4, -0.2) is 31.3 Å². The van der Waals surface area contributed by atoms with E-state index >= 15 is 0 Å². The van der Waals surface area contributed by atoms with Crippen molar-refractivity contribution >= 4 is 40.6 Å². The number of carbonyl (C=O) groups is 1. The molecular weight excluding hydrogens is 370 g/mol. The van der Waals surface area contributed by atoms with Crippen LogP contribution in [0.3, 0.4) is 0 Å². The van der Waals surface area contributed by atoms with Crippen LogP contribution in [0.2, 0.25) is 5.02 Å². The number of nitro groups is 1. The zero-order chi connectivity index (χ0) is 18.4. The molecule has 1 amide bonds. The lowest BCUT2D eigenvalue weighted by Gasteiger charge is -2.07. The Labute approximate surface area is 151 Å². The monoisotopic (exact) mass is 385 g/mol. The van der Waals surface area contributed by atoms with Crippen LogP contribution in [0.4, 0.5) is 11.4 Å². The zero-order valence-corrected chi connectivity index (χ0v) is 14.9. The van der Waals surface area contributed by atoms with E-state index in [1.54, 1.807) is 0 Å². The quantitative estimate of drug-likeness (QED) is 0.409. The van der Waals surface area contributed by atoms with Crippen LogP contribution in [0, 0.1) is 10.1 Å². The molecule has 0 unspecified atom stereocenters. The first-order valence-corrected chi connectivity index (χ1v) is 8.80. The highest BCUT2D eigenvalue weighted by Gasteiger charge is 2.17. The SMILES string of the molecule is CCCCn1c(SCC(=O)Nc2cc(Cl)ccc2[N+](=O)[O-])n[nH]c1=O. The zero-order valence-electron chi connectivity index (χ0n) is 13.3. The summed E-state index contributed by atoms with van der Waals surface area (Å²) in [5.41, 5.74) is -0.558. The minimum absolute atomic E-state index is 0.0218. The van der Waals surface area contributed by atoms with Gasteiger partial charge in [-0.05, 0) is 18.6 Å². The Hall–Kier alpha value is -2.33. The first-order chi connectivity index (χ1) is 11.9. The molecule has 0 aliphatic rings. The highest BCUT2D eigenvalue weighted by molar-refractivity contribution is 7.99. The number of unbranched alkanes of at least 4 members (excludes halogenated alkanes) is 1. The van der Waals surface area contributed by atoms with Crippen LogP contribution in [0.1, 0.15) is 19.8 Å². The van der Waals surface area contributed by atoms with Gasteiger partial charge in [0.2, 0.25) is 5.91 Å². The first kappa shape index (κ1) is 19.0. The van der Waals surface area contributed by atoms with E-state index in [0.717, 1.165) is 24.6 Å². The smallest absolute Gasteiger partial charge is 0.320 e. The Balaban J connectivity index is 2.04. The number of halogens is 1.